The van der Waals surface area contributed by atoms with Crippen LogP contribution in [0.5, 0.6) is 0 Å². The van der Waals surface area contributed by atoms with Gasteiger partial charge in [0.2, 0.25) is 0 Å². The Kier molecular flexibility index (Phi) is 5.42. The van der Waals surface area contributed by atoms with Crippen molar-refractivity contribution in [3.8, 4) is 0 Å². The average Bonchev–Trinajstić information content (AvgIpc) is 2.38. The van der Waals surface area contributed by atoms with Gasteiger partial charge >= 0.3 is 0 Å². The molecule has 1 aliphatic carbocycles. The van der Waals surface area contributed by atoms with E-state index >= 15 is 0 Å². The molecule has 1 saturated carbocycles. The van der Waals surface area contributed by atoms with Crippen LogP contribution in [0.1, 0.15) is 32.1 Å². The van der Waals surface area contributed by atoms with Crippen molar-refractivity contribution >= 4 is 0 Å². The van der Waals surface area contributed by atoms with Gasteiger partial charge in [-0.3, -0.25) is 0 Å². The van der Waals surface area contributed by atoms with Gasteiger partial charge in [-0.2, -0.15) is 0 Å². The number of aliphatic hydroxyl groups is 1. The summed E-state index contributed by atoms with van der Waals surface area (Å²) in [4.78, 5) is 2.44. The van der Waals surface area contributed by atoms with Crippen molar-refractivity contribution in [1.29, 1.82) is 0 Å². The highest BCUT2D eigenvalue weighted by Gasteiger charge is 2.42. The van der Waals surface area contributed by atoms with Crippen LogP contribution in [0.3, 0.4) is 0 Å². The number of likely N-dealkylation sites (tertiary alicyclic amines) is 1. The number of nitrogens with zero attached hydrogens (tertiary/aromatic N) is 1. The van der Waals surface area contributed by atoms with Crippen LogP contribution in [0.25, 0.3) is 0 Å². The van der Waals surface area contributed by atoms with Crippen molar-refractivity contribution in [2.75, 3.05) is 46.6 Å². The molecule has 4 nitrogen and oxygen atoms in total. The van der Waals surface area contributed by atoms with E-state index < -0.39 is 0 Å². The zero-order valence-electron chi connectivity index (χ0n) is 11.6. The van der Waals surface area contributed by atoms with Gasteiger partial charge < -0.3 is 19.5 Å². The Morgan fingerprint density at radius 2 is 2.11 bits per heavy atom. The van der Waals surface area contributed by atoms with Crippen molar-refractivity contribution < 1.29 is 14.6 Å². The standard InChI is InChI=1S/C14H27NO3/c1-17-10-11-18-9-8-15-7-6-14(16)5-3-2-4-13(14)12-15/h13,16H,2-12H2,1H3. The third-order valence-corrected chi connectivity index (χ3v) is 4.50. The lowest BCUT2D eigenvalue weighted by Crippen LogP contribution is -2.53. The highest BCUT2D eigenvalue weighted by molar-refractivity contribution is 4.95. The van der Waals surface area contributed by atoms with Crippen LogP contribution in [0.15, 0.2) is 0 Å². The fraction of sp³-hybridized carbons (Fsp3) is 1.00. The van der Waals surface area contributed by atoms with Crippen molar-refractivity contribution in [2.24, 2.45) is 5.92 Å². The van der Waals surface area contributed by atoms with Gasteiger partial charge in [0.05, 0.1) is 25.4 Å². The lowest BCUT2D eigenvalue weighted by atomic mass is 9.71. The lowest BCUT2D eigenvalue weighted by Gasteiger charge is -2.47. The minimum Gasteiger partial charge on any atom is -0.390 e. The van der Waals surface area contributed by atoms with E-state index in [0.29, 0.717) is 19.1 Å². The first kappa shape index (κ1) is 14.3. The number of ether oxygens (including phenoxy) is 2. The molecule has 2 atom stereocenters. The first-order chi connectivity index (χ1) is 8.74. The third-order valence-electron chi connectivity index (χ3n) is 4.50. The number of piperidine rings is 1. The fourth-order valence-corrected chi connectivity index (χ4v) is 3.28. The van der Waals surface area contributed by atoms with Crippen LogP contribution >= 0.6 is 0 Å². The molecule has 2 rings (SSSR count). The number of rotatable bonds is 6. The molecule has 1 saturated heterocycles. The number of methoxy groups -OCH3 is 1. The molecule has 0 aromatic rings. The van der Waals surface area contributed by atoms with Gasteiger partial charge in [0.15, 0.2) is 0 Å². The Morgan fingerprint density at radius 3 is 2.94 bits per heavy atom. The summed E-state index contributed by atoms with van der Waals surface area (Å²) in [5, 5.41) is 10.6. The highest BCUT2D eigenvalue weighted by atomic mass is 16.5. The molecule has 1 N–H and O–H groups in total. The van der Waals surface area contributed by atoms with Crippen molar-refractivity contribution in [3.63, 3.8) is 0 Å². The molecule has 0 bridgehead atoms. The molecule has 0 radical (unpaired) electrons. The predicted octanol–water partition coefficient (Wildman–Crippen LogP) is 1.28. The second-order valence-corrected chi connectivity index (χ2v) is 5.70. The molecular weight excluding hydrogens is 230 g/mol. The van der Waals surface area contributed by atoms with E-state index in [1.54, 1.807) is 7.11 Å². The van der Waals surface area contributed by atoms with E-state index in [1.807, 2.05) is 0 Å². The molecule has 2 aliphatic rings. The number of hydrogen-bond acceptors (Lipinski definition) is 4. The summed E-state index contributed by atoms with van der Waals surface area (Å²) in [7, 11) is 1.69. The molecule has 0 aromatic carbocycles. The molecule has 1 aliphatic heterocycles. The molecule has 0 aromatic heterocycles. The average molecular weight is 257 g/mol. The van der Waals surface area contributed by atoms with E-state index in [0.717, 1.165) is 39.1 Å². The molecule has 2 fully saturated rings. The maximum Gasteiger partial charge on any atom is 0.0700 e. The molecule has 2 unspecified atom stereocenters. The van der Waals surface area contributed by atoms with Crippen molar-refractivity contribution in [1.82, 2.24) is 4.90 Å². The van der Waals surface area contributed by atoms with E-state index in [2.05, 4.69) is 4.90 Å². The maximum absolute atomic E-state index is 10.6. The van der Waals surface area contributed by atoms with E-state index in [4.69, 9.17) is 9.47 Å². The molecule has 1 heterocycles. The monoisotopic (exact) mass is 257 g/mol. The van der Waals surface area contributed by atoms with Crippen molar-refractivity contribution in [3.05, 3.63) is 0 Å². The second-order valence-electron chi connectivity index (χ2n) is 5.70. The van der Waals surface area contributed by atoms with Gasteiger partial charge in [0.1, 0.15) is 0 Å². The quantitative estimate of drug-likeness (QED) is 0.728. The number of fused-ring (bicyclic) bond motifs is 1. The summed E-state index contributed by atoms with van der Waals surface area (Å²) in [5.74, 6) is 0.485. The summed E-state index contributed by atoms with van der Waals surface area (Å²) in [6, 6.07) is 0. The summed E-state index contributed by atoms with van der Waals surface area (Å²) < 4.78 is 10.5. The zero-order chi connectivity index (χ0) is 12.8. The van der Waals surface area contributed by atoms with Gasteiger partial charge in [-0.25, -0.2) is 0 Å². The molecule has 0 amide bonds. The Balaban J connectivity index is 1.67. The zero-order valence-corrected chi connectivity index (χ0v) is 11.6. The van der Waals surface area contributed by atoms with Crippen LogP contribution < -0.4 is 0 Å². The maximum atomic E-state index is 10.6. The van der Waals surface area contributed by atoms with E-state index in [9.17, 15) is 5.11 Å². The highest BCUT2D eigenvalue weighted by Crippen LogP contribution is 2.39. The molecule has 106 valence electrons. The Labute approximate surface area is 110 Å². The summed E-state index contributed by atoms with van der Waals surface area (Å²) in [6.45, 7) is 5.16. The topological polar surface area (TPSA) is 41.9 Å². The van der Waals surface area contributed by atoms with Crippen LogP contribution in [0.4, 0.5) is 0 Å². The van der Waals surface area contributed by atoms with Gasteiger partial charge in [0, 0.05) is 32.7 Å². The minimum atomic E-state index is -0.355. The van der Waals surface area contributed by atoms with Crippen LogP contribution in [-0.4, -0.2) is 62.2 Å². The minimum absolute atomic E-state index is 0.355. The first-order valence-electron chi connectivity index (χ1n) is 7.26. The van der Waals surface area contributed by atoms with E-state index in [1.165, 1.54) is 19.3 Å². The van der Waals surface area contributed by atoms with Gasteiger partial charge in [-0.15, -0.1) is 0 Å². The Bertz CT molecular complexity index is 249. The lowest BCUT2D eigenvalue weighted by molar-refractivity contribution is -0.0981. The summed E-state index contributed by atoms with van der Waals surface area (Å²) in [6.07, 6.45) is 5.63. The predicted molar refractivity (Wildman–Crippen MR) is 70.7 cm³/mol. The SMILES string of the molecule is COCCOCCN1CCC2(O)CCCCC2C1. The molecule has 18 heavy (non-hydrogen) atoms. The van der Waals surface area contributed by atoms with Gasteiger partial charge in [-0.05, 0) is 19.3 Å². The summed E-state index contributed by atoms with van der Waals surface area (Å²) in [5.41, 5.74) is -0.355. The smallest absolute Gasteiger partial charge is 0.0700 e. The van der Waals surface area contributed by atoms with E-state index in [-0.39, 0.29) is 5.60 Å². The van der Waals surface area contributed by atoms with Crippen LogP contribution in [-0.2, 0) is 9.47 Å². The molecular formula is C14H27NO3. The first-order valence-corrected chi connectivity index (χ1v) is 7.26. The molecule has 4 heteroatoms. The second kappa shape index (κ2) is 6.85. The van der Waals surface area contributed by atoms with Crippen LogP contribution in [0.2, 0.25) is 0 Å². The van der Waals surface area contributed by atoms with Gasteiger partial charge in [0.25, 0.3) is 0 Å². The number of hydrogen-bond donors (Lipinski definition) is 1. The van der Waals surface area contributed by atoms with Crippen LogP contribution in [0, 0.1) is 5.92 Å². The molecule has 0 spiro atoms. The Morgan fingerprint density at radius 1 is 1.22 bits per heavy atom. The van der Waals surface area contributed by atoms with Crippen molar-refractivity contribution in [2.45, 2.75) is 37.7 Å². The third kappa shape index (κ3) is 3.67. The Hall–Kier alpha value is -0.160. The largest absolute Gasteiger partial charge is 0.390 e. The summed E-state index contributed by atoms with van der Waals surface area (Å²) >= 11 is 0. The van der Waals surface area contributed by atoms with Gasteiger partial charge in [-0.1, -0.05) is 12.8 Å². The fourth-order valence-electron chi connectivity index (χ4n) is 3.28. The normalized spacial score (nSPS) is 33.3.